The van der Waals surface area contributed by atoms with Gasteiger partial charge < -0.3 is 9.47 Å². The van der Waals surface area contributed by atoms with Crippen molar-refractivity contribution in [1.82, 2.24) is 0 Å². The van der Waals surface area contributed by atoms with E-state index in [9.17, 15) is 0 Å². The van der Waals surface area contributed by atoms with Crippen LogP contribution in [0.2, 0.25) is 0 Å². The van der Waals surface area contributed by atoms with Gasteiger partial charge in [0.1, 0.15) is 0 Å². The Balaban J connectivity index is 2.75. The number of hydrogen-bond acceptors (Lipinski definition) is 2. The normalized spacial score (nSPS) is 27.8. The van der Waals surface area contributed by atoms with E-state index in [1.54, 1.807) is 6.08 Å². The zero-order chi connectivity index (χ0) is 12.2. The SMILES string of the molecule is C=CCO[C@H]([C@H]1OCC=C[C@@H]1C)C(C)(C)C. The quantitative estimate of drug-likeness (QED) is 0.683. The summed E-state index contributed by atoms with van der Waals surface area (Å²) in [5.74, 6) is 0.405. The monoisotopic (exact) mass is 224 g/mol. The summed E-state index contributed by atoms with van der Waals surface area (Å²) in [4.78, 5) is 0. The Morgan fingerprint density at radius 3 is 2.75 bits per heavy atom. The second-order valence-electron chi connectivity index (χ2n) is 5.49. The van der Waals surface area contributed by atoms with Gasteiger partial charge in [-0.3, -0.25) is 0 Å². The molecule has 0 bridgehead atoms. The molecule has 0 aromatic carbocycles. The first kappa shape index (κ1) is 13.5. The summed E-state index contributed by atoms with van der Waals surface area (Å²) in [6.45, 7) is 13.7. The summed E-state index contributed by atoms with van der Waals surface area (Å²) in [7, 11) is 0. The van der Waals surface area contributed by atoms with Gasteiger partial charge in [0.25, 0.3) is 0 Å². The van der Waals surface area contributed by atoms with Gasteiger partial charge in [0, 0.05) is 5.92 Å². The molecular formula is C14H24O2. The Kier molecular flexibility index (Phi) is 4.75. The first-order valence-corrected chi connectivity index (χ1v) is 5.97. The van der Waals surface area contributed by atoms with E-state index in [-0.39, 0.29) is 17.6 Å². The Bertz CT molecular complexity index is 250. The maximum absolute atomic E-state index is 5.89. The molecule has 0 amide bonds. The average molecular weight is 224 g/mol. The summed E-state index contributed by atoms with van der Waals surface area (Å²) in [6.07, 6.45) is 6.33. The first-order chi connectivity index (χ1) is 7.46. The molecule has 0 fully saturated rings. The van der Waals surface area contributed by atoms with Gasteiger partial charge >= 0.3 is 0 Å². The van der Waals surface area contributed by atoms with E-state index in [0.29, 0.717) is 19.1 Å². The lowest BCUT2D eigenvalue weighted by Gasteiger charge is -2.39. The van der Waals surface area contributed by atoms with Gasteiger partial charge in [-0.1, -0.05) is 45.9 Å². The van der Waals surface area contributed by atoms with Crippen LogP contribution < -0.4 is 0 Å². The van der Waals surface area contributed by atoms with Crippen molar-refractivity contribution in [3.8, 4) is 0 Å². The van der Waals surface area contributed by atoms with Crippen LogP contribution in [0.15, 0.2) is 24.8 Å². The van der Waals surface area contributed by atoms with E-state index in [2.05, 4.69) is 46.4 Å². The lowest BCUT2D eigenvalue weighted by Crippen LogP contribution is -2.45. The smallest absolute Gasteiger partial charge is 0.0905 e. The van der Waals surface area contributed by atoms with Crippen LogP contribution >= 0.6 is 0 Å². The van der Waals surface area contributed by atoms with E-state index < -0.39 is 0 Å². The molecule has 2 nitrogen and oxygen atoms in total. The zero-order valence-electron chi connectivity index (χ0n) is 10.9. The van der Waals surface area contributed by atoms with Crippen LogP contribution in [0, 0.1) is 11.3 Å². The highest BCUT2D eigenvalue weighted by atomic mass is 16.5. The molecule has 16 heavy (non-hydrogen) atoms. The highest BCUT2D eigenvalue weighted by Gasteiger charge is 2.36. The Labute approximate surface area is 99.3 Å². The van der Waals surface area contributed by atoms with Gasteiger partial charge in [-0.15, -0.1) is 6.58 Å². The molecule has 92 valence electrons. The molecule has 0 saturated heterocycles. The standard InChI is InChI=1S/C14H24O2/c1-6-9-16-13(14(3,4)5)12-11(2)8-7-10-15-12/h6-8,11-13H,1,9-10H2,2-5H3/t11-,12-,13+/m0/s1. The molecule has 0 aromatic heterocycles. The van der Waals surface area contributed by atoms with Crippen LogP contribution in [0.25, 0.3) is 0 Å². The highest BCUT2D eigenvalue weighted by molar-refractivity contribution is 4.99. The fraction of sp³-hybridized carbons (Fsp3) is 0.714. The number of rotatable bonds is 4. The first-order valence-electron chi connectivity index (χ1n) is 5.97. The van der Waals surface area contributed by atoms with Crippen LogP contribution in [-0.2, 0) is 9.47 Å². The van der Waals surface area contributed by atoms with Gasteiger partial charge in [-0.05, 0) is 5.41 Å². The summed E-state index contributed by atoms with van der Waals surface area (Å²) in [5, 5.41) is 0. The largest absolute Gasteiger partial charge is 0.371 e. The molecule has 0 aromatic rings. The van der Waals surface area contributed by atoms with Gasteiger partial charge in [0.05, 0.1) is 25.4 Å². The fourth-order valence-corrected chi connectivity index (χ4v) is 2.07. The molecule has 1 aliphatic rings. The number of hydrogen-bond donors (Lipinski definition) is 0. The van der Waals surface area contributed by atoms with E-state index in [0.717, 1.165) is 0 Å². The molecule has 3 atom stereocenters. The predicted octanol–water partition coefficient (Wildman–Crippen LogP) is 3.19. The van der Waals surface area contributed by atoms with Crippen molar-refractivity contribution in [3.05, 3.63) is 24.8 Å². The van der Waals surface area contributed by atoms with Crippen molar-refractivity contribution in [2.24, 2.45) is 11.3 Å². The van der Waals surface area contributed by atoms with Gasteiger partial charge in [-0.25, -0.2) is 0 Å². The fourth-order valence-electron chi connectivity index (χ4n) is 2.07. The lowest BCUT2D eigenvalue weighted by molar-refractivity contribution is -0.121. The minimum Gasteiger partial charge on any atom is -0.371 e. The molecular weight excluding hydrogens is 200 g/mol. The van der Waals surface area contributed by atoms with Crippen molar-refractivity contribution in [2.75, 3.05) is 13.2 Å². The van der Waals surface area contributed by atoms with Crippen LogP contribution in [-0.4, -0.2) is 25.4 Å². The maximum atomic E-state index is 5.89. The molecule has 1 heterocycles. The van der Waals surface area contributed by atoms with Crippen molar-refractivity contribution in [3.63, 3.8) is 0 Å². The minimum absolute atomic E-state index is 0.0765. The summed E-state index contributed by atoms with van der Waals surface area (Å²) in [5.41, 5.74) is 0.0765. The molecule has 0 unspecified atom stereocenters. The molecule has 0 aliphatic carbocycles. The van der Waals surface area contributed by atoms with Crippen LogP contribution in [0.5, 0.6) is 0 Å². The zero-order valence-corrected chi connectivity index (χ0v) is 10.9. The molecule has 0 N–H and O–H groups in total. The van der Waals surface area contributed by atoms with Crippen LogP contribution in [0.4, 0.5) is 0 Å². The lowest BCUT2D eigenvalue weighted by atomic mass is 9.81. The van der Waals surface area contributed by atoms with Crippen LogP contribution in [0.3, 0.4) is 0 Å². The molecule has 1 aliphatic heterocycles. The molecule has 1 rings (SSSR count). The molecule has 0 spiro atoms. The second-order valence-corrected chi connectivity index (χ2v) is 5.49. The van der Waals surface area contributed by atoms with Gasteiger partial charge in [0.15, 0.2) is 0 Å². The van der Waals surface area contributed by atoms with E-state index >= 15 is 0 Å². The van der Waals surface area contributed by atoms with Crippen molar-refractivity contribution in [1.29, 1.82) is 0 Å². The van der Waals surface area contributed by atoms with Gasteiger partial charge in [0.2, 0.25) is 0 Å². The third-order valence-corrected chi connectivity index (χ3v) is 2.89. The molecule has 2 heteroatoms. The van der Waals surface area contributed by atoms with Crippen molar-refractivity contribution in [2.45, 2.75) is 39.9 Å². The van der Waals surface area contributed by atoms with Gasteiger partial charge in [-0.2, -0.15) is 0 Å². The predicted molar refractivity (Wildman–Crippen MR) is 67.4 cm³/mol. The van der Waals surface area contributed by atoms with Crippen LogP contribution in [0.1, 0.15) is 27.7 Å². The van der Waals surface area contributed by atoms with E-state index in [4.69, 9.17) is 9.47 Å². The topological polar surface area (TPSA) is 18.5 Å². The molecule has 0 radical (unpaired) electrons. The highest BCUT2D eigenvalue weighted by Crippen LogP contribution is 2.31. The Morgan fingerprint density at radius 2 is 2.25 bits per heavy atom. The average Bonchev–Trinajstić information content (AvgIpc) is 2.19. The number of ether oxygens (including phenoxy) is 2. The summed E-state index contributed by atoms with van der Waals surface area (Å²) in [6, 6.07) is 0. The van der Waals surface area contributed by atoms with Crippen molar-refractivity contribution < 1.29 is 9.47 Å². The Morgan fingerprint density at radius 1 is 1.56 bits per heavy atom. The molecule has 0 saturated carbocycles. The van der Waals surface area contributed by atoms with E-state index in [1.807, 2.05) is 0 Å². The third-order valence-electron chi connectivity index (χ3n) is 2.89. The third kappa shape index (κ3) is 3.46. The maximum Gasteiger partial charge on any atom is 0.0905 e. The minimum atomic E-state index is 0.0765. The summed E-state index contributed by atoms with van der Waals surface area (Å²) >= 11 is 0. The Hall–Kier alpha value is -0.600. The summed E-state index contributed by atoms with van der Waals surface area (Å²) < 4.78 is 11.7. The second kappa shape index (κ2) is 5.65. The van der Waals surface area contributed by atoms with Crippen molar-refractivity contribution >= 4 is 0 Å². The van der Waals surface area contributed by atoms with E-state index in [1.165, 1.54) is 0 Å².